The van der Waals surface area contributed by atoms with Crippen LogP contribution in [0.3, 0.4) is 0 Å². The first-order valence-corrected chi connectivity index (χ1v) is 12.3. The lowest BCUT2D eigenvalue weighted by Crippen LogP contribution is -2.35. The lowest BCUT2D eigenvalue weighted by Gasteiger charge is -2.25. The molecule has 39 heavy (non-hydrogen) atoms. The molecule has 3 heterocycles. The highest BCUT2D eigenvalue weighted by Gasteiger charge is 2.19. The number of carbonyl (C=O) groups is 2. The zero-order valence-electron chi connectivity index (χ0n) is 21.4. The maximum atomic E-state index is 11.6. The van der Waals surface area contributed by atoms with Crippen molar-refractivity contribution in [2.45, 2.75) is 18.9 Å². The van der Waals surface area contributed by atoms with E-state index in [-0.39, 0.29) is 45.6 Å². The molecule has 1 saturated heterocycles. The third-order valence-electron chi connectivity index (χ3n) is 5.44. The summed E-state index contributed by atoms with van der Waals surface area (Å²) in [6.45, 7) is 1.44. The van der Waals surface area contributed by atoms with Crippen molar-refractivity contribution in [3.63, 3.8) is 0 Å². The van der Waals surface area contributed by atoms with Gasteiger partial charge in [-0.1, -0.05) is 0 Å². The van der Waals surface area contributed by atoms with Crippen LogP contribution < -0.4 is 37.7 Å². The van der Waals surface area contributed by atoms with E-state index in [9.17, 15) is 9.59 Å². The van der Waals surface area contributed by atoms with Gasteiger partial charge in [-0.2, -0.15) is 5.26 Å². The van der Waals surface area contributed by atoms with Crippen molar-refractivity contribution in [3.05, 3.63) is 30.0 Å². The molecule has 8 N–H and O–H groups in total. The van der Waals surface area contributed by atoms with E-state index < -0.39 is 11.9 Å². The third kappa shape index (κ3) is 9.87. The molecule has 15 heteroatoms. The predicted octanol–water partition coefficient (Wildman–Crippen LogP) is -0.0181. The van der Waals surface area contributed by atoms with Gasteiger partial charge in [0.2, 0.25) is 5.91 Å². The van der Waals surface area contributed by atoms with E-state index in [0.717, 1.165) is 12.8 Å². The molecule has 0 radical (unpaired) electrons. The minimum absolute atomic E-state index is 0.0282. The number of aromatic nitrogens is 2. The van der Waals surface area contributed by atoms with Crippen molar-refractivity contribution in [1.29, 1.82) is 5.26 Å². The normalized spacial score (nSPS) is 13.2. The minimum atomic E-state index is -0.585. The first-order valence-electron chi connectivity index (χ1n) is 12.3. The van der Waals surface area contributed by atoms with E-state index in [1.807, 2.05) is 6.07 Å². The molecule has 0 saturated carbocycles. The lowest BCUT2D eigenvalue weighted by molar-refractivity contribution is -0.145. The number of amides is 1. The number of nitrogens with zero attached hydrogens (tertiary/aromatic N) is 3. The Kier molecular flexibility index (Phi) is 12.0. The minimum Gasteiger partial charge on any atom is -0.487 e. The largest absolute Gasteiger partial charge is 0.487 e. The molecule has 3 rings (SSSR count). The van der Waals surface area contributed by atoms with Gasteiger partial charge in [-0.15, -0.1) is 0 Å². The summed E-state index contributed by atoms with van der Waals surface area (Å²) in [5.41, 5.74) is 8.67. The Morgan fingerprint density at radius 1 is 1.15 bits per heavy atom. The van der Waals surface area contributed by atoms with Crippen LogP contribution in [0, 0.1) is 11.3 Å². The smallest absolute Gasteiger partial charge is 0.325 e. The molecule has 1 aliphatic heterocycles. The summed E-state index contributed by atoms with van der Waals surface area (Å²) in [7, 11) is 0. The number of anilines is 4. The van der Waals surface area contributed by atoms with Crippen LogP contribution in [0.15, 0.2) is 24.4 Å². The number of esters is 1. The van der Waals surface area contributed by atoms with E-state index in [4.69, 9.17) is 35.8 Å². The van der Waals surface area contributed by atoms with Gasteiger partial charge in [0.25, 0.3) is 0 Å². The number of nitriles is 1. The predicted molar refractivity (Wildman–Crippen MR) is 141 cm³/mol. The molecule has 0 unspecified atom stereocenters. The van der Waals surface area contributed by atoms with Gasteiger partial charge in [-0.25, -0.2) is 9.97 Å². The van der Waals surface area contributed by atoms with Crippen LogP contribution in [0.2, 0.25) is 0 Å². The van der Waals surface area contributed by atoms with Crippen LogP contribution in [0.4, 0.5) is 23.1 Å². The van der Waals surface area contributed by atoms with Gasteiger partial charge in [0.15, 0.2) is 17.4 Å². The summed E-state index contributed by atoms with van der Waals surface area (Å²) in [6, 6.07) is 7.19. The second-order valence-electron chi connectivity index (χ2n) is 8.24. The van der Waals surface area contributed by atoms with Gasteiger partial charge in [-0.3, -0.25) is 15.4 Å². The third-order valence-corrected chi connectivity index (χ3v) is 5.44. The van der Waals surface area contributed by atoms with Gasteiger partial charge in [-0.05, 0) is 25.0 Å². The van der Waals surface area contributed by atoms with Crippen molar-refractivity contribution in [3.8, 4) is 11.8 Å². The van der Waals surface area contributed by atoms with Crippen molar-refractivity contribution in [2.75, 3.05) is 68.8 Å². The van der Waals surface area contributed by atoms with Gasteiger partial charge < -0.3 is 46.1 Å². The van der Waals surface area contributed by atoms with E-state index in [1.165, 1.54) is 6.20 Å². The standard InChI is InChI=1S/C24H33N9O6/c25-12-16-1-2-20(28-14-16)31-23-18(33-27)11-19(24(32-23)30-17-3-5-36-6-4-17)38-9-7-37-8-10-39-22(35)15-29-21(34)13-26/h1-2,11,14,17,33H,3-10,13,15,26-27H2,(H,29,34)(H2,28,30,31,32). The summed E-state index contributed by atoms with van der Waals surface area (Å²) in [5.74, 6) is 6.59. The quantitative estimate of drug-likeness (QED) is 0.0752. The number of hydrogen-bond donors (Lipinski definition) is 6. The fraction of sp³-hybridized carbons (Fsp3) is 0.458. The zero-order valence-corrected chi connectivity index (χ0v) is 21.4. The second kappa shape index (κ2) is 15.9. The molecule has 1 fully saturated rings. The van der Waals surface area contributed by atoms with Crippen LogP contribution >= 0.6 is 0 Å². The maximum Gasteiger partial charge on any atom is 0.325 e. The second-order valence-corrected chi connectivity index (χ2v) is 8.24. The topological polar surface area (TPSA) is 221 Å². The first-order chi connectivity index (χ1) is 19.0. The summed E-state index contributed by atoms with van der Waals surface area (Å²) in [4.78, 5) is 31.5. The number of nitrogens with two attached hydrogens (primary N) is 2. The molecule has 0 aromatic carbocycles. The van der Waals surface area contributed by atoms with Gasteiger partial charge in [0.05, 0.1) is 31.0 Å². The Bertz CT molecular complexity index is 1120. The number of rotatable bonds is 15. The van der Waals surface area contributed by atoms with Gasteiger partial charge in [0.1, 0.15) is 31.6 Å². The highest BCUT2D eigenvalue weighted by molar-refractivity contribution is 5.83. The van der Waals surface area contributed by atoms with Crippen LogP contribution in [0.25, 0.3) is 0 Å². The molecular weight excluding hydrogens is 510 g/mol. The van der Waals surface area contributed by atoms with Crippen molar-refractivity contribution >= 4 is 35.0 Å². The van der Waals surface area contributed by atoms with Crippen molar-refractivity contribution < 1.29 is 28.5 Å². The Balaban J connectivity index is 1.57. The number of hydrogen-bond acceptors (Lipinski definition) is 14. The molecule has 0 atom stereocenters. The Morgan fingerprint density at radius 2 is 1.95 bits per heavy atom. The van der Waals surface area contributed by atoms with Crippen LogP contribution in [-0.2, 0) is 23.8 Å². The summed E-state index contributed by atoms with van der Waals surface area (Å²) in [5, 5.41) is 17.8. The molecule has 0 spiro atoms. The fourth-order valence-electron chi connectivity index (χ4n) is 3.43. The number of hydrazine groups is 1. The average molecular weight is 544 g/mol. The molecule has 0 bridgehead atoms. The van der Waals surface area contributed by atoms with E-state index in [2.05, 4.69) is 31.3 Å². The van der Waals surface area contributed by atoms with Crippen molar-refractivity contribution in [2.24, 2.45) is 11.6 Å². The molecule has 1 aliphatic rings. The monoisotopic (exact) mass is 543 g/mol. The van der Waals surface area contributed by atoms with Crippen LogP contribution in [0.1, 0.15) is 18.4 Å². The molecule has 1 amide bonds. The Morgan fingerprint density at radius 3 is 2.64 bits per heavy atom. The van der Waals surface area contributed by atoms with Crippen LogP contribution in [-0.4, -0.2) is 80.6 Å². The summed E-state index contributed by atoms with van der Waals surface area (Å²) < 4.78 is 21.8. The fourth-order valence-corrected chi connectivity index (χ4v) is 3.43. The zero-order chi connectivity index (χ0) is 27.9. The van der Waals surface area contributed by atoms with E-state index in [1.54, 1.807) is 18.2 Å². The molecule has 15 nitrogen and oxygen atoms in total. The maximum absolute atomic E-state index is 11.6. The lowest BCUT2D eigenvalue weighted by atomic mass is 10.1. The Hall–Kier alpha value is -4.23. The summed E-state index contributed by atoms with van der Waals surface area (Å²) >= 11 is 0. The molecule has 2 aromatic rings. The SMILES string of the molecule is N#Cc1ccc(Nc2nc(NC3CCOCC3)c(OCCOCCOC(=O)CNC(=O)CN)cc2NN)nc1. The number of ether oxygens (including phenoxy) is 4. The number of nitrogen functional groups attached to an aromatic ring is 1. The highest BCUT2D eigenvalue weighted by atomic mass is 16.6. The number of pyridine rings is 2. The molecule has 210 valence electrons. The van der Waals surface area contributed by atoms with Crippen molar-refractivity contribution in [1.82, 2.24) is 15.3 Å². The molecular formula is C24H33N9O6. The highest BCUT2D eigenvalue weighted by Crippen LogP contribution is 2.33. The van der Waals surface area contributed by atoms with Crippen LogP contribution in [0.5, 0.6) is 5.75 Å². The number of nitrogens with one attached hydrogen (secondary N) is 4. The number of carbonyl (C=O) groups excluding carboxylic acids is 2. The van der Waals surface area contributed by atoms with E-state index in [0.29, 0.717) is 47.7 Å². The average Bonchev–Trinajstić information content (AvgIpc) is 2.97. The molecule has 0 aliphatic carbocycles. The van der Waals surface area contributed by atoms with Gasteiger partial charge in [0, 0.05) is 31.5 Å². The van der Waals surface area contributed by atoms with E-state index >= 15 is 0 Å². The Labute approximate surface area is 225 Å². The molecule has 2 aromatic heterocycles. The summed E-state index contributed by atoms with van der Waals surface area (Å²) in [6.07, 6.45) is 3.09. The van der Waals surface area contributed by atoms with Gasteiger partial charge >= 0.3 is 5.97 Å². The first kappa shape index (κ1) is 29.3.